The number of fused-ring (bicyclic) bond motifs is 5. The number of rotatable bonds is 4. The average molecular weight is 571 g/mol. The molecule has 0 unspecified atom stereocenters. The first-order valence-electron chi connectivity index (χ1n) is 15.7. The summed E-state index contributed by atoms with van der Waals surface area (Å²) in [5.74, 6) is 0. The molecule has 0 amide bonds. The van der Waals surface area contributed by atoms with Crippen LogP contribution in [0.1, 0.15) is 11.1 Å². The fraction of sp³-hybridized carbons (Fsp3) is 0.0222. The summed E-state index contributed by atoms with van der Waals surface area (Å²) >= 11 is 0. The van der Waals surface area contributed by atoms with E-state index in [-0.39, 0.29) is 0 Å². The van der Waals surface area contributed by atoms with Crippen LogP contribution in [0.5, 0.6) is 0 Å². The second-order valence-corrected chi connectivity index (χ2v) is 12.2. The van der Waals surface area contributed by atoms with E-state index in [1.54, 1.807) is 0 Å². The van der Waals surface area contributed by atoms with Gasteiger partial charge in [-0.25, -0.2) is 0 Å². The van der Waals surface area contributed by atoms with Crippen LogP contribution >= 0.6 is 0 Å². The Hall–Kier alpha value is -5.72. The smallest absolute Gasteiger partial charge is 0.00130 e. The second-order valence-electron chi connectivity index (χ2n) is 12.2. The molecule has 8 aromatic rings. The van der Waals surface area contributed by atoms with E-state index >= 15 is 0 Å². The lowest BCUT2D eigenvalue weighted by Gasteiger charge is -2.10. The largest absolute Gasteiger partial charge is 0.0616 e. The van der Waals surface area contributed by atoms with Gasteiger partial charge < -0.3 is 0 Å². The Balaban J connectivity index is 1.01. The predicted octanol–water partition coefficient (Wildman–Crippen LogP) is 12.2. The van der Waals surface area contributed by atoms with Gasteiger partial charge >= 0.3 is 0 Å². The summed E-state index contributed by atoms with van der Waals surface area (Å²) in [6.07, 6.45) is 0.959. The number of benzene rings is 8. The number of hydrogen-bond donors (Lipinski definition) is 0. The zero-order valence-corrected chi connectivity index (χ0v) is 24.9. The van der Waals surface area contributed by atoms with Gasteiger partial charge in [0.2, 0.25) is 0 Å². The van der Waals surface area contributed by atoms with Crippen molar-refractivity contribution >= 4 is 21.5 Å². The lowest BCUT2D eigenvalue weighted by molar-refractivity contribution is 1.26. The molecule has 0 saturated carbocycles. The van der Waals surface area contributed by atoms with E-state index in [0.29, 0.717) is 0 Å². The van der Waals surface area contributed by atoms with Crippen LogP contribution in [-0.4, -0.2) is 0 Å². The van der Waals surface area contributed by atoms with Crippen molar-refractivity contribution in [2.45, 2.75) is 6.42 Å². The van der Waals surface area contributed by atoms with Crippen LogP contribution in [-0.2, 0) is 6.42 Å². The van der Waals surface area contributed by atoms with Crippen LogP contribution in [0, 0.1) is 0 Å². The van der Waals surface area contributed by atoms with E-state index in [9.17, 15) is 0 Å². The van der Waals surface area contributed by atoms with Gasteiger partial charge in [-0.3, -0.25) is 0 Å². The molecule has 8 aromatic carbocycles. The maximum absolute atomic E-state index is 2.40. The van der Waals surface area contributed by atoms with Crippen molar-refractivity contribution in [1.82, 2.24) is 0 Å². The van der Waals surface area contributed by atoms with Gasteiger partial charge in [0, 0.05) is 0 Å². The van der Waals surface area contributed by atoms with E-state index in [1.807, 2.05) is 0 Å². The molecule has 0 fully saturated rings. The summed E-state index contributed by atoms with van der Waals surface area (Å²) in [6.45, 7) is 0. The molecule has 0 N–H and O–H groups in total. The zero-order valence-electron chi connectivity index (χ0n) is 24.9. The van der Waals surface area contributed by atoms with E-state index in [1.165, 1.54) is 88.3 Å². The summed E-state index contributed by atoms with van der Waals surface area (Å²) in [5, 5.41) is 5.10. The monoisotopic (exact) mass is 570 g/mol. The van der Waals surface area contributed by atoms with E-state index in [4.69, 9.17) is 0 Å². The predicted molar refractivity (Wildman–Crippen MR) is 191 cm³/mol. The van der Waals surface area contributed by atoms with Crippen LogP contribution in [0.25, 0.3) is 77.2 Å². The van der Waals surface area contributed by atoms with E-state index in [0.717, 1.165) is 6.42 Å². The lowest BCUT2D eigenvalue weighted by Crippen LogP contribution is -1.86. The molecule has 0 nitrogen and oxygen atoms in total. The van der Waals surface area contributed by atoms with Crippen LogP contribution in [0.3, 0.4) is 0 Å². The SMILES string of the molecule is c1cc(-c2ccc3c(c2)Cc2cc(-c4cccc(-c5ccc6ccccc6c5)c4)ccc2-3)cc(-c2ccc3ccccc3c2)c1. The van der Waals surface area contributed by atoms with Gasteiger partial charge in [-0.15, -0.1) is 0 Å². The van der Waals surface area contributed by atoms with Gasteiger partial charge in [-0.2, -0.15) is 0 Å². The Kier molecular flexibility index (Phi) is 5.99. The van der Waals surface area contributed by atoms with Gasteiger partial charge in [0.05, 0.1) is 0 Å². The van der Waals surface area contributed by atoms with Crippen molar-refractivity contribution in [3.63, 3.8) is 0 Å². The molecule has 1 aliphatic carbocycles. The molecular weight excluding hydrogens is 540 g/mol. The van der Waals surface area contributed by atoms with Crippen molar-refractivity contribution < 1.29 is 0 Å². The molecule has 9 rings (SSSR count). The van der Waals surface area contributed by atoms with Crippen molar-refractivity contribution in [3.05, 3.63) is 181 Å². The highest BCUT2D eigenvalue weighted by molar-refractivity contribution is 5.90. The van der Waals surface area contributed by atoms with Crippen molar-refractivity contribution in [2.24, 2.45) is 0 Å². The summed E-state index contributed by atoms with van der Waals surface area (Å²) in [4.78, 5) is 0. The lowest BCUT2D eigenvalue weighted by atomic mass is 9.95. The van der Waals surface area contributed by atoms with Gasteiger partial charge in [-0.05, 0) is 119 Å². The molecule has 0 radical (unpaired) electrons. The topological polar surface area (TPSA) is 0 Å². The van der Waals surface area contributed by atoms with Crippen molar-refractivity contribution in [3.8, 4) is 55.6 Å². The molecule has 0 aromatic heterocycles. The Bertz CT molecular complexity index is 2240. The average Bonchev–Trinajstić information content (AvgIpc) is 3.48. The summed E-state index contributed by atoms with van der Waals surface area (Å²) < 4.78 is 0. The zero-order chi connectivity index (χ0) is 29.7. The molecule has 0 saturated heterocycles. The Labute approximate surface area is 263 Å². The van der Waals surface area contributed by atoms with Gasteiger partial charge in [-0.1, -0.05) is 146 Å². The summed E-state index contributed by atoms with van der Waals surface area (Å²) in [5.41, 5.74) is 15.6. The molecular formula is C45H30. The highest BCUT2D eigenvalue weighted by atomic mass is 14.2. The van der Waals surface area contributed by atoms with Crippen molar-refractivity contribution in [1.29, 1.82) is 0 Å². The maximum Gasteiger partial charge on any atom is -0.00130 e. The minimum absolute atomic E-state index is 0.959. The molecule has 0 atom stereocenters. The number of hydrogen-bond acceptors (Lipinski definition) is 0. The highest BCUT2D eigenvalue weighted by Gasteiger charge is 2.20. The molecule has 0 spiro atoms. The third-order valence-corrected chi connectivity index (χ3v) is 9.44. The summed E-state index contributed by atoms with van der Waals surface area (Å²) in [6, 6.07) is 62.5. The highest BCUT2D eigenvalue weighted by Crippen LogP contribution is 2.41. The van der Waals surface area contributed by atoms with Crippen molar-refractivity contribution in [2.75, 3.05) is 0 Å². The normalized spacial score (nSPS) is 11.9. The molecule has 1 aliphatic rings. The molecule has 0 heterocycles. The van der Waals surface area contributed by atoms with Gasteiger partial charge in [0.15, 0.2) is 0 Å². The van der Waals surface area contributed by atoms with Crippen LogP contribution in [0.2, 0.25) is 0 Å². The summed E-state index contributed by atoms with van der Waals surface area (Å²) in [7, 11) is 0. The van der Waals surface area contributed by atoms with Crippen LogP contribution < -0.4 is 0 Å². The molecule has 0 bridgehead atoms. The second kappa shape index (κ2) is 10.5. The standard InChI is InChI=1S/C45H30/c1-3-9-32-23-38(17-15-30(32)7-1)34-11-5-13-36(25-34)40-19-21-44-42(27-40)29-43-28-41(20-22-45(43)44)37-14-6-12-35(26-37)39-18-16-31-8-2-4-10-33(31)24-39/h1-28H,29H2. The first-order valence-corrected chi connectivity index (χ1v) is 15.7. The van der Waals surface area contributed by atoms with E-state index < -0.39 is 0 Å². The fourth-order valence-corrected chi connectivity index (χ4v) is 7.06. The Morgan fingerprint density at radius 2 is 0.600 bits per heavy atom. The molecule has 0 aliphatic heterocycles. The first-order chi connectivity index (χ1) is 22.2. The Morgan fingerprint density at radius 1 is 0.244 bits per heavy atom. The minimum Gasteiger partial charge on any atom is -0.0616 e. The third-order valence-electron chi connectivity index (χ3n) is 9.44. The van der Waals surface area contributed by atoms with E-state index in [2.05, 4.69) is 170 Å². The maximum atomic E-state index is 2.40. The first kappa shape index (κ1) is 25.7. The van der Waals surface area contributed by atoms with Gasteiger partial charge in [0.1, 0.15) is 0 Å². The minimum atomic E-state index is 0.959. The molecule has 0 heteroatoms. The Morgan fingerprint density at radius 3 is 1.04 bits per heavy atom. The quantitative estimate of drug-likeness (QED) is 0.197. The molecule has 210 valence electrons. The van der Waals surface area contributed by atoms with Crippen LogP contribution in [0.4, 0.5) is 0 Å². The van der Waals surface area contributed by atoms with Gasteiger partial charge in [0.25, 0.3) is 0 Å². The van der Waals surface area contributed by atoms with Crippen LogP contribution in [0.15, 0.2) is 170 Å². The third kappa shape index (κ3) is 4.63. The molecule has 45 heavy (non-hydrogen) atoms. The fourth-order valence-electron chi connectivity index (χ4n) is 7.06.